The highest BCUT2D eigenvalue weighted by atomic mass is 16.5. The number of methoxy groups -OCH3 is 1. The molecule has 1 saturated heterocycles. The van der Waals surface area contributed by atoms with Gasteiger partial charge in [-0.3, -0.25) is 4.90 Å². The van der Waals surface area contributed by atoms with Crippen LogP contribution in [0.2, 0.25) is 0 Å². The molecule has 0 aliphatic carbocycles. The van der Waals surface area contributed by atoms with Crippen molar-refractivity contribution >= 4 is 5.97 Å². The second kappa shape index (κ2) is 5.81. The molecule has 1 heterocycles. The molecule has 0 bridgehead atoms. The molecule has 5 nitrogen and oxygen atoms in total. The molecule has 0 aromatic heterocycles. The Morgan fingerprint density at radius 3 is 2.85 bits per heavy atom. The number of carboxylic acid groups (broad SMARTS) is 1. The quantitative estimate of drug-likeness (QED) is 0.913. The third-order valence-corrected chi connectivity index (χ3v) is 3.68. The van der Waals surface area contributed by atoms with Crippen molar-refractivity contribution in [3.05, 3.63) is 29.3 Å². The van der Waals surface area contributed by atoms with Crippen LogP contribution in [0.25, 0.3) is 0 Å². The van der Waals surface area contributed by atoms with E-state index in [1.54, 1.807) is 12.1 Å². The Morgan fingerprint density at radius 1 is 1.50 bits per heavy atom. The van der Waals surface area contributed by atoms with Crippen molar-refractivity contribution in [1.29, 1.82) is 0 Å². The molecule has 1 aromatic carbocycles. The minimum absolute atomic E-state index is 0.0401. The highest BCUT2D eigenvalue weighted by molar-refractivity contribution is 5.91. The average molecular weight is 279 g/mol. The van der Waals surface area contributed by atoms with E-state index in [1.165, 1.54) is 7.11 Å². The van der Waals surface area contributed by atoms with E-state index < -0.39 is 5.97 Å². The van der Waals surface area contributed by atoms with Crippen LogP contribution in [0, 0.1) is 0 Å². The van der Waals surface area contributed by atoms with Crippen LogP contribution in [0.5, 0.6) is 5.75 Å². The lowest BCUT2D eigenvalue weighted by Crippen LogP contribution is -2.52. The molecule has 1 aliphatic heterocycles. The van der Waals surface area contributed by atoms with Gasteiger partial charge in [-0.2, -0.15) is 0 Å². The Labute approximate surface area is 119 Å². The van der Waals surface area contributed by atoms with Gasteiger partial charge in [0.15, 0.2) is 0 Å². The summed E-state index contributed by atoms with van der Waals surface area (Å²) in [7, 11) is 1.48. The first-order valence-corrected chi connectivity index (χ1v) is 6.67. The van der Waals surface area contributed by atoms with Crippen molar-refractivity contribution in [1.82, 2.24) is 4.90 Å². The summed E-state index contributed by atoms with van der Waals surface area (Å²) in [5.41, 5.74) is 1.14. The summed E-state index contributed by atoms with van der Waals surface area (Å²) in [6.07, 6.45) is 0. The Kier molecular flexibility index (Phi) is 4.30. The van der Waals surface area contributed by atoms with E-state index in [4.69, 9.17) is 9.47 Å². The number of ether oxygens (including phenoxy) is 2. The smallest absolute Gasteiger partial charge is 0.339 e. The first-order chi connectivity index (χ1) is 9.44. The fraction of sp³-hybridized carbons (Fsp3) is 0.533. The molecule has 2 rings (SSSR count). The molecule has 0 spiro atoms. The second-order valence-electron chi connectivity index (χ2n) is 5.63. The summed E-state index contributed by atoms with van der Waals surface area (Å²) >= 11 is 0. The molecule has 0 amide bonds. The van der Waals surface area contributed by atoms with Crippen molar-refractivity contribution in [3.63, 3.8) is 0 Å². The molecule has 1 fully saturated rings. The van der Waals surface area contributed by atoms with Crippen LogP contribution in [0.4, 0.5) is 0 Å². The van der Waals surface area contributed by atoms with Crippen molar-refractivity contribution in [2.75, 3.05) is 26.9 Å². The molecule has 0 radical (unpaired) electrons. The van der Waals surface area contributed by atoms with Gasteiger partial charge in [-0.25, -0.2) is 4.79 Å². The minimum atomic E-state index is -0.968. The maximum absolute atomic E-state index is 11.2. The largest absolute Gasteiger partial charge is 0.496 e. The van der Waals surface area contributed by atoms with Gasteiger partial charge in [0.05, 0.1) is 20.3 Å². The summed E-state index contributed by atoms with van der Waals surface area (Å²) in [4.78, 5) is 13.5. The number of morpholine rings is 1. The van der Waals surface area contributed by atoms with Gasteiger partial charge in [0.1, 0.15) is 11.3 Å². The number of hydrogen-bond acceptors (Lipinski definition) is 4. The van der Waals surface area contributed by atoms with E-state index in [2.05, 4.69) is 18.7 Å². The van der Waals surface area contributed by atoms with E-state index in [1.807, 2.05) is 6.07 Å². The number of benzene rings is 1. The van der Waals surface area contributed by atoms with Gasteiger partial charge in [-0.15, -0.1) is 0 Å². The van der Waals surface area contributed by atoms with Crippen LogP contribution >= 0.6 is 0 Å². The van der Waals surface area contributed by atoms with Gasteiger partial charge in [0.2, 0.25) is 0 Å². The Hall–Kier alpha value is -1.59. The maximum Gasteiger partial charge on any atom is 0.339 e. The molecule has 1 aliphatic rings. The molecule has 0 saturated carbocycles. The molecule has 0 atom stereocenters. The minimum Gasteiger partial charge on any atom is -0.496 e. The number of nitrogens with zero attached hydrogens (tertiary/aromatic N) is 1. The van der Waals surface area contributed by atoms with Crippen LogP contribution in [-0.2, 0) is 11.3 Å². The topological polar surface area (TPSA) is 59.0 Å². The predicted molar refractivity (Wildman–Crippen MR) is 75.3 cm³/mol. The van der Waals surface area contributed by atoms with Crippen molar-refractivity contribution in [2.24, 2.45) is 0 Å². The van der Waals surface area contributed by atoms with E-state index in [0.717, 1.165) is 12.1 Å². The maximum atomic E-state index is 11.2. The van der Waals surface area contributed by atoms with Crippen LogP contribution in [0.15, 0.2) is 18.2 Å². The first-order valence-electron chi connectivity index (χ1n) is 6.67. The highest BCUT2D eigenvalue weighted by Crippen LogP contribution is 2.25. The fourth-order valence-electron chi connectivity index (χ4n) is 2.42. The summed E-state index contributed by atoms with van der Waals surface area (Å²) in [5, 5.41) is 9.22. The Bertz CT molecular complexity index is 499. The monoisotopic (exact) mass is 279 g/mol. The molecular weight excluding hydrogens is 258 g/mol. The van der Waals surface area contributed by atoms with Gasteiger partial charge in [-0.05, 0) is 31.5 Å². The van der Waals surface area contributed by atoms with E-state index in [-0.39, 0.29) is 11.1 Å². The van der Waals surface area contributed by atoms with Crippen molar-refractivity contribution < 1.29 is 19.4 Å². The average Bonchev–Trinajstić information content (AvgIpc) is 2.41. The molecule has 20 heavy (non-hydrogen) atoms. The van der Waals surface area contributed by atoms with Crippen LogP contribution in [0.3, 0.4) is 0 Å². The molecule has 1 N–H and O–H groups in total. The lowest BCUT2D eigenvalue weighted by Gasteiger charge is -2.42. The van der Waals surface area contributed by atoms with Gasteiger partial charge in [0, 0.05) is 18.6 Å². The molecule has 0 unspecified atom stereocenters. The zero-order valence-electron chi connectivity index (χ0n) is 12.2. The van der Waals surface area contributed by atoms with Crippen LogP contribution in [-0.4, -0.2) is 48.4 Å². The Balaban J connectivity index is 2.21. The molecule has 110 valence electrons. The zero-order valence-corrected chi connectivity index (χ0v) is 12.2. The molecule has 1 aromatic rings. The third-order valence-electron chi connectivity index (χ3n) is 3.68. The van der Waals surface area contributed by atoms with Gasteiger partial charge in [-0.1, -0.05) is 6.07 Å². The summed E-state index contributed by atoms with van der Waals surface area (Å²) in [5.74, 6) is -0.576. The number of hydrogen-bond donors (Lipinski definition) is 1. The summed E-state index contributed by atoms with van der Waals surface area (Å²) in [6.45, 7) is 7.23. The molecule has 5 heteroatoms. The van der Waals surface area contributed by atoms with Crippen molar-refractivity contribution in [2.45, 2.75) is 25.9 Å². The third kappa shape index (κ3) is 3.11. The van der Waals surface area contributed by atoms with E-state index in [0.29, 0.717) is 25.5 Å². The van der Waals surface area contributed by atoms with Gasteiger partial charge >= 0.3 is 5.97 Å². The van der Waals surface area contributed by atoms with E-state index >= 15 is 0 Å². The first kappa shape index (κ1) is 14.8. The lowest BCUT2D eigenvalue weighted by atomic mass is 10.0. The van der Waals surface area contributed by atoms with Gasteiger partial charge in [0.25, 0.3) is 0 Å². The number of rotatable bonds is 4. The van der Waals surface area contributed by atoms with Crippen molar-refractivity contribution in [3.8, 4) is 5.75 Å². The predicted octanol–water partition coefficient (Wildman–Crippen LogP) is 2.00. The summed E-state index contributed by atoms with van der Waals surface area (Å²) < 4.78 is 10.6. The standard InChI is InChI=1S/C15H21NO4/c1-15(2)10-20-7-6-16(15)9-11-4-5-13(19-3)12(8-11)14(17)18/h4-5,8H,6-7,9-10H2,1-3H3,(H,17,18). The number of aromatic carboxylic acids is 1. The lowest BCUT2D eigenvalue weighted by molar-refractivity contribution is -0.0552. The summed E-state index contributed by atoms with van der Waals surface area (Å²) in [6, 6.07) is 5.32. The number of carbonyl (C=O) groups is 1. The Morgan fingerprint density at radius 2 is 2.25 bits per heavy atom. The molecular formula is C15H21NO4. The second-order valence-corrected chi connectivity index (χ2v) is 5.63. The van der Waals surface area contributed by atoms with Gasteiger partial charge < -0.3 is 14.6 Å². The van der Waals surface area contributed by atoms with Crippen LogP contribution in [0.1, 0.15) is 29.8 Å². The van der Waals surface area contributed by atoms with Crippen LogP contribution < -0.4 is 4.74 Å². The highest BCUT2D eigenvalue weighted by Gasteiger charge is 2.30. The number of carboxylic acids is 1. The normalized spacial score (nSPS) is 18.8. The fourth-order valence-corrected chi connectivity index (χ4v) is 2.42. The SMILES string of the molecule is COc1ccc(CN2CCOCC2(C)C)cc1C(=O)O. The van der Waals surface area contributed by atoms with E-state index in [9.17, 15) is 9.90 Å². The zero-order chi connectivity index (χ0) is 14.8.